The van der Waals surface area contributed by atoms with Gasteiger partial charge in [0.15, 0.2) is 0 Å². The Kier molecular flexibility index (Phi) is 6.55. The highest BCUT2D eigenvalue weighted by Crippen LogP contribution is 2.60. The number of hydrogen-bond acceptors (Lipinski definition) is 4. The lowest BCUT2D eigenvalue weighted by atomic mass is 9.52. The van der Waals surface area contributed by atoms with Crippen molar-refractivity contribution in [1.82, 2.24) is 0 Å². The zero-order valence-corrected chi connectivity index (χ0v) is 20.8. The van der Waals surface area contributed by atoms with Gasteiger partial charge in [-0.1, -0.05) is 47.5 Å². The molecule has 5 rings (SSSR count). The van der Waals surface area contributed by atoms with Crippen LogP contribution >= 0.6 is 0 Å². The van der Waals surface area contributed by atoms with Crippen molar-refractivity contribution in [1.29, 1.82) is 0 Å². The van der Waals surface area contributed by atoms with Crippen LogP contribution in [0.25, 0.3) is 0 Å². The molecule has 3 atom stereocenters. The molecule has 4 bridgehead atoms. The molecule has 0 radical (unpaired) electrons. The minimum Gasteiger partial charge on any atom is -0.459 e. The molecule has 5 aliphatic carbocycles. The van der Waals surface area contributed by atoms with Gasteiger partial charge in [-0.3, -0.25) is 4.79 Å². The van der Waals surface area contributed by atoms with Gasteiger partial charge in [-0.25, -0.2) is 0 Å². The second kappa shape index (κ2) is 8.63. The predicted molar refractivity (Wildman–Crippen MR) is 123 cm³/mol. The van der Waals surface area contributed by atoms with Gasteiger partial charge in [0.1, 0.15) is 12.4 Å². The maximum Gasteiger partial charge on any atom is 0.309 e. The van der Waals surface area contributed by atoms with Gasteiger partial charge < -0.3 is 14.2 Å². The van der Waals surface area contributed by atoms with Gasteiger partial charge >= 0.3 is 5.97 Å². The normalized spacial score (nSPS) is 37.2. The van der Waals surface area contributed by atoms with Crippen molar-refractivity contribution in [3.8, 4) is 0 Å². The molecular weight excluding hydrogens is 388 g/mol. The van der Waals surface area contributed by atoms with E-state index in [1.165, 1.54) is 32.1 Å². The molecule has 0 N–H and O–H groups in total. The molecule has 0 amide bonds. The summed E-state index contributed by atoms with van der Waals surface area (Å²) in [6.07, 6.45) is 13.4. The zero-order valence-electron chi connectivity index (χ0n) is 20.8. The van der Waals surface area contributed by atoms with Gasteiger partial charge in [-0.15, -0.1) is 0 Å². The van der Waals surface area contributed by atoms with Gasteiger partial charge in [0, 0.05) is 6.42 Å². The molecule has 5 fully saturated rings. The third kappa shape index (κ3) is 5.49. The van der Waals surface area contributed by atoms with Gasteiger partial charge in [0.2, 0.25) is 0 Å². The molecular formula is C27H46O4. The van der Waals surface area contributed by atoms with Crippen LogP contribution in [-0.4, -0.2) is 30.6 Å². The Hall–Kier alpha value is -0.610. The van der Waals surface area contributed by atoms with E-state index in [2.05, 4.69) is 34.6 Å². The fraction of sp³-hybridized carbons (Fsp3) is 0.963. The van der Waals surface area contributed by atoms with Crippen LogP contribution in [0.4, 0.5) is 0 Å². The highest BCUT2D eigenvalue weighted by molar-refractivity contribution is 5.73. The quantitative estimate of drug-likeness (QED) is 0.231. The van der Waals surface area contributed by atoms with Crippen molar-refractivity contribution < 1.29 is 19.0 Å². The number of carbonyl (C=O) groups excluding carboxylic acids is 1. The Labute approximate surface area is 190 Å². The minimum atomic E-state index is -0.302. The van der Waals surface area contributed by atoms with Crippen LogP contribution in [-0.2, 0) is 19.0 Å². The second-order valence-corrected chi connectivity index (χ2v) is 13.2. The number of rotatable bonds is 9. The Balaban J connectivity index is 1.36. The summed E-state index contributed by atoms with van der Waals surface area (Å²) in [5, 5.41) is 0. The maximum absolute atomic E-state index is 13.2. The lowest BCUT2D eigenvalue weighted by molar-refractivity contribution is -0.257. The average molecular weight is 435 g/mol. The summed E-state index contributed by atoms with van der Waals surface area (Å²) in [5.74, 6) is 1.29. The molecule has 4 heteroatoms. The van der Waals surface area contributed by atoms with E-state index in [9.17, 15) is 4.79 Å². The van der Waals surface area contributed by atoms with E-state index in [0.29, 0.717) is 24.0 Å². The van der Waals surface area contributed by atoms with E-state index in [-0.39, 0.29) is 28.5 Å². The van der Waals surface area contributed by atoms with Crippen molar-refractivity contribution in [2.75, 3.05) is 13.4 Å². The van der Waals surface area contributed by atoms with Crippen LogP contribution < -0.4 is 0 Å². The van der Waals surface area contributed by atoms with E-state index >= 15 is 0 Å². The SMILES string of the molecule is CCC(CC(C)(C)C)C(=O)OC12CC3CC(CC(OCOCC4(C)CCCC4)(C3)C1)C2. The van der Waals surface area contributed by atoms with Crippen molar-refractivity contribution in [3.63, 3.8) is 0 Å². The molecule has 0 aromatic carbocycles. The monoisotopic (exact) mass is 434 g/mol. The second-order valence-electron chi connectivity index (χ2n) is 13.2. The first kappa shape index (κ1) is 23.5. The fourth-order valence-electron chi connectivity index (χ4n) is 7.64. The van der Waals surface area contributed by atoms with Gasteiger partial charge in [-0.2, -0.15) is 0 Å². The molecule has 5 saturated carbocycles. The predicted octanol–water partition coefficient (Wildman–Crippen LogP) is 6.65. The fourth-order valence-corrected chi connectivity index (χ4v) is 7.64. The van der Waals surface area contributed by atoms with Gasteiger partial charge in [0.25, 0.3) is 0 Å². The number of carbonyl (C=O) groups is 1. The number of esters is 1. The highest BCUT2D eigenvalue weighted by atomic mass is 16.7. The molecule has 31 heavy (non-hydrogen) atoms. The molecule has 0 aromatic rings. The Bertz CT molecular complexity index is 628. The standard InChI is InChI=1S/C27H46O4/c1-6-22(16-24(2,3)4)23(28)31-27-14-20-11-21(15-27)13-26(12-20,17-27)30-19-29-18-25(5)9-7-8-10-25/h20-22H,6-19H2,1-5H3. The molecule has 0 spiro atoms. The Morgan fingerprint density at radius 1 is 1.03 bits per heavy atom. The summed E-state index contributed by atoms with van der Waals surface area (Å²) in [7, 11) is 0. The summed E-state index contributed by atoms with van der Waals surface area (Å²) in [6.45, 7) is 12.3. The van der Waals surface area contributed by atoms with E-state index in [1.54, 1.807) is 0 Å². The van der Waals surface area contributed by atoms with Crippen molar-refractivity contribution in [3.05, 3.63) is 0 Å². The van der Waals surface area contributed by atoms with Crippen molar-refractivity contribution >= 4 is 5.97 Å². The van der Waals surface area contributed by atoms with Crippen LogP contribution in [0.5, 0.6) is 0 Å². The lowest BCUT2D eigenvalue weighted by Crippen LogP contribution is -2.61. The van der Waals surface area contributed by atoms with Crippen LogP contribution in [0.15, 0.2) is 0 Å². The third-order valence-electron chi connectivity index (χ3n) is 8.67. The first-order valence-corrected chi connectivity index (χ1v) is 13.0. The molecule has 3 unspecified atom stereocenters. The summed E-state index contributed by atoms with van der Waals surface area (Å²) in [4.78, 5) is 13.2. The van der Waals surface area contributed by atoms with Crippen LogP contribution in [0.3, 0.4) is 0 Å². The maximum atomic E-state index is 13.2. The summed E-state index contributed by atoms with van der Waals surface area (Å²) >= 11 is 0. The third-order valence-corrected chi connectivity index (χ3v) is 8.67. The van der Waals surface area contributed by atoms with E-state index in [4.69, 9.17) is 14.2 Å². The first-order chi connectivity index (χ1) is 14.5. The minimum absolute atomic E-state index is 0.000335. The van der Waals surface area contributed by atoms with Gasteiger partial charge in [0.05, 0.1) is 18.1 Å². The highest BCUT2D eigenvalue weighted by Gasteiger charge is 2.60. The summed E-state index contributed by atoms with van der Waals surface area (Å²) in [6, 6.07) is 0. The Morgan fingerprint density at radius 3 is 2.23 bits per heavy atom. The van der Waals surface area contributed by atoms with Crippen molar-refractivity contribution in [2.45, 2.75) is 123 Å². The van der Waals surface area contributed by atoms with Crippen LogP contribution in [0, 0.1) is 28.6 Å². The molecule has 0 aromatic heterocycles. The van der Waals surface area contributed by atoms with E-state index in [0.717, 1.165) is 51.6 Å². The molecule has 0 heterocycles. The zero-order chi connectivity index (χ0) is 22.3. The Morgan fingerprint density at radius 2 is 1.65 bits per heavy atom. The average Bonchev–Trinajstić information content (AvgIpc) is 3.08. The molecule has 0 saturated heterocycles. The van der Waals surface area contributed by atoms with E-state index in [1.807, 2.05) is 0 Å². The molecule has 178 valence electrons. The van der Waals surface area contributed by atoms with Crippen LogP contribution in [0.2, 0.25) is 0 Å². The smallest absolute Gasteiger partial charge is 0.309 e. The van der Waals surface area contributed by atoms with E-state index < -0.39 is 0 Å². The lowest BCUT2D eigenvalue weighted by Gasteiger charge is -2.60. The number of hydrogen-bond donors (Lipinski definition) is 0. The summed E-state index contributed by atoms with van der Waals surface area (Å²) in [5.41, 5.74) is 0.0270. The van der Waals surface area contributed by atoms with Crippen molar-refractivity contribution in [2.24, 2.45) is 28.6 Å². The van der Waals surface area contributed by atoms with Gasteiger partial charge in [-0.05, 0) is 80.5 Å². The molecule has 5 aliphatic rings. The largest absolute Gasteiger partial charge is 0.459 e. The molecule has 4 nitrogen and oxygen atoms in total. The topological polar surface area (TPSA) is 44.8 Å². The first-order valence-electron chi connectivity index (χ1n) is 13.0. The van der Waals surface area contributed by atoms with Crippen LogP contribution in [0.1, 0.15) is 112 Å². The molecule has 0 aliphatic heterocycles. The summed E-state index contributed by atoms with van der Waals surface area (Å²) < 4.78 is 19.0. The number of ether oxygens (including phenoxy) is 3.